The van der Waals surface area contributed by atoms with Crippen LogP contribution < -0.4 is 5.32 Å². The second-order valence-electron chi connectivity index (χ2n) is 7.18. The number of rotatable bonds is 5. The van der Waals surface area contributed by atoms with Crippen LogP contribution in [-0.4, -0.2) is 22.0 Å². The Morgan fingerprint density at radius 1 is 1.15 bits per heavy atom. The topological polar surface area (TPSA) is 79.3 Å². The number of carbonyl (C=O) groups is 2. The van der Waals surface area contributed by atoms with E-state index in [0.717, 1.165) is 16.1 Å². The fourth-order valence-electron chi connectivity index (χ4n) is 3.32. The molecule has 2 atom stereocenters. The van der Waals surface area contributed by atoms with Crippen LogP contribution in [0.4, 0.5) is 5.13 Å². The molecule has 5 nitrogen and oxygen atoms in total. The van der Waals surface area contributed by atoms with Crippen molar-refractivity contribution in [1.82, 2.24) is 4.98 Å². The highest BCUT2D eigenvalue weighted by molar-refractivity contribution is 7.16. The van der Waals surface area contributed by atoms with Gasteiger partial charge in [-0.05, 0) is 31.2 Å². The van der Waals surface area contributed by atoms with Crippen molar-refractivity contribution in [3.8, 4) is 11.3 Å². The number of hydrogen-bond donors (Lipinski definition) is 2. The molecule has 1 aromatic heterocycles. The first-order chi connectivity index (χ1) is 12.9. The lowest BCUT2D eigenvalue weighted by atomic mass is 9.82. The number of hydrogen-bond acceptors (Lipinski definition) is 4. The monoisotopic (exact) mass is 384 g/mol. The van der Waals surface area contributed by atoms with Crippen molar-refractivity contribution >= 4 is 28.3 Å². The molecule has 0 spiro atoms. The van der Waals surface area contributed by atoms with Crippen molar-refractivity contribution in [2.24, 2.45) is 11.8 Å². The first-order valence-electron chi connectivity index (χ1n) is 9.13. The molecule has 1 aromatic carbocycles. The number of aromatic nitrogens is 1. The van der Waals surface area contributed by atoms with Gasteiger partial charge in [-0.2, -0.15) is 0 Å². The highest BCUT2D eigenvalue weighted by Gasteiger charge is 2.34. The Morgan fingerprint density at radius 2 is 1.78 bits per heavy atom. The smallest absolute Gasteiger partial charge is 0.307 e. The zero-order valence-corrected chi connectivity index (χ0v) is 16.5. The predicted molar refractivity (Wildman–Crippen MR) is 108 cm³/mol. The maximum Gasteiger partial charge on any atom is 0.307 e. The molecule has 0 bridgehead atoms. The molecular formula is C21H24N2O3S. The molecule has 0 fully saturated rings. The molecule has 0 saturated heterocycles. The fraction of sp³-hybridized carbons (Fsp3) is 0.381. The van der Waals surface area contributed by atoms with E-state index in [1.807, 2.05) is 19.1 Å². The first-order valence-corrected chi connectivity index (χ1v) is 9.95. The van der Waals surface area contributed by atoms with Gasteiger partial charge in [-0.25, -0.2) is 4.98 Å². The third-order valence-corrected chi connectivity index (χ3v) is 5.85. The van der Waals surface area contributed by atoms with Gasteiger partial charge in [-0.3, -0.25) is 9.59 Å². The van der Waals surface area contributed by atoms with Crippen LogP contribution in [-0.2, 0) is 9.59 Å². The number of anilines is 1. The van der Waals surface area contributed by atoms with Crippen LogP contribution in [0, 0.1) is 18.8 Å². The Kier molecular flexibility index (Phi) is 5.75. The minimum Gasteiger partial charge on any atom is -0.481 e. The molecule has 2 N–H and O–H groups in total. The lowest BCUT2D eigenvalue weighted by Crippen LogP contribution is -2.34. The van der Waals surface area contributed by atoms with Gasteiger partial charge in [0.1, 0.15) is 0 Å². The van der Waals surface area contributed by atoms with Crippen molar-refractivity contribution in [2.75, 3.05) is 5.32 Å². The Hall–Kier alpha value is -2.47. The Balaban J connectivity index is 1.77. The van der Waals surface area contributed by atoms with Crippen molar-refractivity contribution in [3.05, 3.63) is 46.9 Å². The molecule has 1 aliphatic carbocycles. The van der Waals surface area contributed by atoms with Gasteiger partial charge in [0.05, 0.1) is 17.5 Å². The first kappa shape index (κ1) is 19.3. The predicted octanol–water partition coefficient (Wildman–Crippen LogP) is 4.85. The number of amides is 1. The Labute approximate surface area is 163 Å². The highest BCUT2D eigenvalue weighted by Crippen LogP contribution is 2.33. The maximum atomic E-state index is 12.6. The summed E-state index contributed by atoms with van der Waals surface area (Å²) >= 11 is 1.41. The SMILES string of the molecule is Cc1sc(NC(=O)C2CC=CCC2C(=O)O)nc1-c1ccc(C(C)C)cc1. The number of nitrogens with zero attached hydrogens (tertiary/aromatic N) is 1. The van der Waals surface area contributed by atoms with E-state index in [2.05, 4.69) is 48.4 Å². The Morgan fingerprint density at radius 3 is 2.37 bits per heavy atom. The van der Waals surface area contributed by atoms with E-state index in [1.54, 1.807) is 0 Å². The molecule has 1 amide bonds. The lowest BCUT2D eigenvalue weighted by Gasteiger charge is -2.23. The zero-order chi connectivity index (χ0) is 19.6. The third kappa shape index (κ3) is 4.27. The van der Waals surface area contributed by atoms with Crippen LogP contribution in [0.15, 0.2) is 36.4 Å². The molecule has 3 rings (SSSR count). The molecule has 2 aromatic rings. The summed E-state index contributed by atoms with van der Waals surface area (Å²) in [5, 5.41) is 12.7. The van der Waals surface area contributed by atoms with E-state index in [9.17, 15) is 14.7 Å². The normalized spacial score (nSPS) is 19.3. The lowest BCUT2D eigenvalue weighted by molar-refractivity contribution is -0.146. The summed E-state index contributed by atoms with van der Waals surface area (Å²) in [4.78, 5) is 29.6. The van der Waals surface area contributed by atoms with Gasteiger partial charge >= 0.3 is 5.97 Å². The van der Waals surface area contributed by atoms with Gasteiger partial charge in [-0.1, -0.05) is 50.3 Å². The summed E-state index contributed by atoms with van der Waals surface area (Å²) in [6, 6.07) is 8.30. The largest absolute Gasteiger partial charge is 0.481 e. The second kappa shape index (κ2) is 8.05. The second-order valence-corrected chi connectivity index (χ2v) is 8.39. The number of carboxylic acids is 1. The average molecular weight is 385 g/mol. The van der Waals surface area contributed by atoms with E-state index in [4.69, 9.17) is 0 Å². The summed E-state index contributed by atoms with van der Waals surface area (Å²) in [5.41, 5.74) is 3.13. The van der Waals surface area contributed by atoms with Gasteiger partial charge in [0.15, 0.2) is 5.13 Å². The van der Waals surface area contributed by atoms with Crippen molar-refractivity contribution < 1.29 is 14.7 Å². The molecule has 0 saturated carbocycles. The number of allylic oxidation sites excluding steroid dienone is 2. The van der Waals surface area contributed by atoms with Gasteiger partial charge in [0.2, 0.25) is 5.91 Å². The van der Waals surface area contributed by atoms with E-state index in [1.165, 1.54) is 16.9 Å². The standard InChI is InChI=1S/C21H24N2O3S/c1-12(2)14-8-10-15(11-9-14)18-13(3)27-21(22-18)23-19(24)16-6-4-5-7-17(16)20(25)26/h4-5,8-12,16-17H,6-7H2,1-3H3,(H,25,26)(H,22,23,24). The molecule has 1 aliphatic rings. The van der Waals surface area contributed by atoms with E-state index in [-0.39, 0.29) is 5.91 Å². The van der Waals surface area contributed by atoms with Crippen LogP contribution in [0.1, 0.15) is 43.0 Å². The van der Waals surface area contributed by atoms with Crippen LogP contribution in [0.2, 0.25) is 0 Å². The van der Waals surface area contributed by atoms with Crippen LogP contribution in [0.3, 0.4) is 0 Å². The average Bonchev–Trinajstić information content (AvgIpc) is 3.01. The molecule has 1 heterocycles. The summed E-state index contributed by atoms with van der Waals surface area (Å²) in [5.74, 6) is -1.98. The van der Waals surface area contributed by atoms with E-state index >= 15 is 0 Å². The Bertz CT molecular complexity index is 868. The quantitative estimate of drug-likeness (QED) is 0.723. The van der Waals surface area contributed by atoms with Crippen LogP contribution in [0.5, 0.6) is 0 Å². The number of aliphatic carboxylic acids is 1. The number of carboxylic acid groups (broad SMARTS) is 1. The van der Waals surface area contributed by atoms with Gasteiger partial charge in [0, 0.05) is 10.4 Å². The summed E-state index contributed by atoms with van der Waals surface area (Å²) < 4.78 is 0. The summed E-state index contributed by atoms with van der Waals surface area (Å²) in [6.07, 6.45) is 4.53. The minimum atomic E-state index is -0.930. The molecular weight excluding hydrogens is 360 g/mol. The molecule has 142 valence electrons. The van der Waals surface area contributed by atoms with E-state index < -0.39 is 17.8 Å². The zero-order valence-electron chi connectivity index (χ0n) is 15.7. The number of aryl methyl sites for hydroxylation is 1. The van der Waals surface area contributed by atoms with Crippen molar-refractivity contribution in [2.45, 2.75) is 39.5 Å². The van der Waals surface area contributed by atoms with Crippen LogP contribution in [0.25, 0.3) is 11.3 Å². The van der Waals surface area contributed by atoms with Crippen LogP contribution >= 0.6 is 11.3 Å². The van der Waals surface area contributed by atoms with E-state index in [0.29, 0.717) is 23.9 Å². The third-order valence-electron chi connectivity index (χ3n) is 4.96. The van der Waals surface area contributed by atoms with Gasteiger partial charge < -0.3 is 10.4 Å². The molecule has 27 heavy (non-hydrogen) atoms. The number of nitrogens with one attached hydrogen (secondary N) is 1. The summed E-state index contributed by atoms with van der Waals surface area (Å²) in [7, 11) is 0. The molecule has 2 unspecified atom stereocenters. The summed E-state index contributed by atoms with van der Waals surface area (Å²) in [6.45, 7) is 6.28. The molecule has 0 radical (unpaired) electrons. The van der Waals surface area contributed by atoms with Gasteiger partial charge in [-0.15, -0.1) is 11.3 Å². The maximum absolute atomic E-state index is 12.6. The molecule has 0 aliphatic heterocycles. The van der Waals surface area contributed by atoms with Gasteiger partial charge in [0.25, 0.3) is 0 Å². The number of thiazole rings is 1. The number of carbonyl (C=O) groups excluding carboxylic acids is 1. The van der Waals surface area contributed by atoms with Crippen molar-refractivity contribution in [1.29, 1.82) is 0 Å². The fourth-order valence-corrected chi connectivity index (χ4v) is 4.16. The molecule has 6 heteroatoms. The van der Waals surface area contributed by atoms with Crippen molar-refractivity contribution in [3.63, 3.8) is 0 Å². The highest BCUT2D eigenvalue weighted by atomic mass is 32.1. The number of benzene rings is 1. The minimum absolute atomic E-state index is 0.276.